The third kappa shape index (κ3) is 2.96. The lowest BCUT2D eigenvalue weighted by Gasteiger charge is -2.32. The number of amides is 2. The molecule has 20 heavy (non-hydrogen) atoms. The smallest absolute Gasteiger partial charge is 0.421 e. The lowest BCUT2D eigenvalue weighted by atomic mass is 9.91. The molecule has 1 aromatic carbocycles. The van der Waals surface area contributed by atoms with Crippen molar-refractivity contribution in [2.75, 3.05) is 4.90 Å². The van der Waals surface area contributed by atoms with Crippen molar-refractivity contribution in [1.29, 1.82) is 0 Å². The SMILES string of the molecule is CC1CC(=O)N(C(=O)OC(C)(C)C)c2ccc(Cl)cc21. The van der Waals surface area contributed by atoms with Gasteiger partial charge in [-0.15, -0.1) is 0 Å². The number of fused-ring (bicyclic) bond motifs is 1. The Hall–Kier alpha value is -1.55. The van der Waals surface area contributed by atoms with E-state index in [9.17, 15) is 9.59 Å². The fourth-order valence-electron chi connectivity index (χ4n) is 2.23. The van der Waals surface area contributed by atoms with Crippen LogP contribution in [0.2, 0.25) is 5.02 Å². The monoisotopic (exact) mass is 295 g/mol. The van der Waals surface area contributed by atoms with Gasteiger partial charge in [0.15, 0.2) is 0 Å². The summed E-state index contributed by atoms with van der Waals surface area (Å²) in [6, 6.07) is 5.16. The maximum Gasteiger partial charge on any atom is 0.421 e. The first kappa shape index (κ1) is 14.9. The summed E-state index contributed by atoms with van der Waals surface area (Å²) in [4.78, 5) is 25.5. The standard InChI is InChI=1S/C15H18ClNO3/c1-9-7-13(18)17(14(19)20-15(2,3)4)12-6-5-10(16)8-11(9)12/h5-6,8-9H,7H2,1-4H3. The Morgan fingerprint density at radius 2 is 2.05 bits per heavy atom. The summed E-state index contributed by atoms with van der Waals surface area (Å²) < 4.78 is 5.30. The minimum atomic E-state index is -0.646. The average Bonchev–Trinajstić information content (AvgIpc) is 2.27. The van der Waals surface area contributed by atoms with Crippen molar-refractivity contribution >= 4 is 29.3 Å². The molecule has 0 N–H and O–H groups in total. The fourth-order valence-corrected chi connectivity index (χ4v) is 2.41. The summed E-state index contributed by atoms with van der Waals surface area (Å²) in [6.07, 6.45) is -0.370. The predicted octanol–water partition coefficient (Wildman–Crippen LogP) is 4.12. The van der Waals surface area contributed by atoms with E-state index in [0.29, 0.717) is 10.7 Å². The van der Waals surface area contributed by atoms with Crippen molar-refractivity contribution in [2.24, 2.45) is 0 Å². The van der Waals surface area contributed by atoms with Crippen molar-refractivity contribution in [1.82, 2.24) is 0 Å². The first-order valence-corrected chi connectivity index (χ1v) is 6.92. The third-order valence-corrected chi connectivity index (χ3v) is 3.30. The van der Waals surface area contributed by atoms with Gasteiger partial charge in [0.25, 0.3) is 0 Å². The molecule has 0 bridgehead atoms. The van der Waals surface area contributed by atoms with E-state index in [1.165, 1.54) is 0 Å². The zero-order chi connectivity index (χ0) is 15.1. The number of rotatable bonds is 0. The molecule has 0 aromatic heterocycles. The van der Waals surface area contributed by atoms with Crippen LogP contribution in [0.15, 0.2) is 18.2 Å². The first-order chi connectivity index (χ1) is 9.19. The predicted molar refractivity (Wildman–Crippen MR) is 78.2 cm³/mol. The highest BCUT2D eigenvalue weighted by atomic mass is 35.5. The van der Waals surface area contributed by atoms with Crippen molar-refractivity contribution < 1.29 is 14.3 Å². The van der Waals surface area contributed by atoms with Crippen LogP contribution >= 0.6 is 11.6 Å². The molecule has 2 rings (SSSR count). The normalized spacial score (nSPS) is 18.8. The molecule has 0 fully saturated rings. The van der Waals surface area contributed by atoms with E-state index < -0.39 is 11.7 Å². The molecular formula is C15H18ClNO3. The lowest BCUT2D eigenvalue weighted by Crippen LogP contribution is -2.44. The van der Waals surface area contributed by atoms with E-state index in [1.807, 2.05) is 6.92 Å². The molecule has 1 aliphatic rings. The maximum atomic E-state index is 12.2. The summed E-state index contributed by atoms with van der Waals surface area (Å²) in [5.41, 5.74) is 0.808. The minimum Gasteiger partial charge on any atom is -0.443 e. The quantitative estimate of drug-likeness (QED) is 0.723. The van der Waals surface area contributed by atoms with Gasteiger partial charge >= 0.3 is 6.09 Å². The van der Waals surface area contributed by atoms with Crippen LogP contribution in [-0.4, -0.2) is 17.6 Å². The molecule has 0 saturated carbocycles. The van der Waals surface area contributed by atoms with Crippen LogP contribution in [-0.2, 0) is 9.53 Å². The Morgan fingerprint density at radius 3 is 2.65 bits per heavy atom. The molecule has 0 saturated heterocycles. The Balaban J connectivity index is 2.42. The van der Waals surface area contributed by atoms with Crippen LogP contribution in [0.5, 0.6) is 0 Å². The van der Waals surface area contributed by atoms with E-state index in [-0.39, 0.29) is 18.2 Å². The van der Waals surface area contributed by atoms with Gasteiger partial charge in [0.2, 0.25) is 5.91 Å². The highest BCUT2D eigenvalue weighted by Crippen LogP contribution is 2.37. The molecule has 1 atom stereocenters. The molecule has 1 aromatic rings. The lowest BCUT2D eigenvalue weighted by molar-refractivity contribution is -0.119. The molecule has 2 amide bonds. The highest BCUT2D eigenvalue weighted by Gasteiger charge is 2.35. The number of imide groups is 1. The Labute approximate surface area is 123 Å². The molecule has 1 aliphatic heterocycles. The van der Waals surface area contributed by atoms with Crippen LogP contribution < -0.4 is 4.90 Å². The maximum absolute atomic E-state index is 12.2. The summed E-state index contributed by atoms with van der Waals surface area (Å²) in [5, 5.41) is 0.592. The number of hydrogen-bond donors (Lipinski definition) is 0. The van der Waals surface area contributed by atoms with Crippen LogP contribution in [0.1, 0.15) is 45.6 Å². The van der Waals surface area contributed by atoms with E-state index in [4.69, 9.17) is 16.3 Å². The summed E-state index contributed by atoms with van der Waals surface area (Å²) in [7, 11) is 0. The fraction of sp³-hybridized carbons (Fsp3) is 0.467. The van der Waals surface area contributed by atoms with Crippen LogP contribution in [0.3, 0.4) is 0 Å². The zero-order valence-corrected chi connectivity index (χ0v) is 12.8. The summed E-state index contributed by atoms with van der Waals surface area (Å²) >= 11 is 5.99. The number of benzene rings is 1. The average molecular weight is 296 g/mol. The molecule has 5 heteroatoms. The van der Waals surface area contributed by atoms with Crippen molar-refractivity contribution in [3.63, 3.8) is 0 Å². The first-order valence-electron chi connectivity index (χ1n) is 6.54. The topological polar surface area (TPSA) is 46.6 Å². The van der Waals surface area contributed by atoms with Gasteiger partial charge in [-0.2, -0.15) is 0 Å². The molecule has 4 nitrogen and oxygen atoms in total. The van der Waals surface area contributed by atoms with Gasteiger partial charge in [-0.05, 0) is 50.5 Å². The molecule has 0 aliphatic carbocycles. The number of halogens is 1. The van der Waals surface area contributed by atoms with Crippen molar-refractivity contribution in [3.05, 3.63) is 28.8 Å². The number of anilines is 1. The number of carbonyl (C=O) groups excluding carboxylic acids is 2. The molecule has 1 heterocycles. The Morgan fingerprint density at radius 1 is 1.40 bits per heavy atom. The number of nitrogens with zero attached hydrogens (tertiary/aromatic N) is 1. The third-order valence-electron chi connectivity index (χ3n) is 3.07. The van der Waals surface area contributed by atoms with Gasteiger partial charge in [0, 0.05) is 11.4 Å². The highest BCUT2D eigenvalue weighted by molar-refractivity contribution is 6.31. The van der Waals surface area contributed by atoms with Crippen LogP contribution in [0, 0.1) is 0 Å². The Kier molecular flexibility index (Phi) is 3.78. The summed E-state index contributed by atoms with van der Waals surface area (Å²) in [5.74, 6) is -0.212. The van der Waals surface area contributed by atoms with E-state index in [1.54, 1.807) is 39.0 Å². The van der Waals surface area contributed by atoms with Gasteiger partial charge in [-0.1, -0.05) is 18.5 Å². The van der Waals surface area contributed by atoms with E-state index >= 15 is 0 Å². The van der Waals surface area contributed by atoms with Crippen molar-refractivity contribution in [2.45, 2.75) is 45.6 Å². The molecular weight excluding hydrogens is 278 g/mol. The minimum absolute atomic E-state index is 0.0369. The van der Waals surface area contributed by atoms with Gasteiger partial charge in [0.1, 0.15) is 5.60 Å². The number of hydrogen-bond acceptors (Lipinski definition) is 3. The van der Waals surface area contributed by atoms with Gasteiger partial charge in [0.05, 0.1) is 5.69 Å². The summed E-state index contributed by atoms with van der Waals surface area (Å²) in [6.45, 7) is 7.25. The van der Waals surface area contributed by atoms with Gasteiger partial charge < -0.3 is 4.74 Å². The zero-order valence-electron chi connectivity index (χ0n) is 12.1. The van der Waals surface area contributed by atoms with E-state index in [2.05, 4.69) is 0 Å². The van der Waals surface area contributed by atoms with Gasteiger partial charge in [-0.3, -0.25) is 4.79 Å². The largest absolute Gasteiger partial charge is 0.443 e. The van der Waals surface area contributed by atoms with Crippen LogP contribution in [0.4, 0.5) is 10.5 Å². The second kappa shape index (κ2) is 5.09. The number of carbonyl (C=O) groups is 2. The molecule has 108 valence electrons. The van der Waals surface area contributed by atoms with E-state index in [0.717, 1.165) is 10.5 Å². The second-order valence-corrected chi connectivity index (χ2v) is 6.45. The Bertz CT molecular complexity index is 563. The molecule has 1 unspecified atom stereocenters. The van der Waals surface area contributed by atoms with Crippen molar-refractivity contribution in [3.8, 4) is 0 Å². The molecule has 0 spiro atoms. The number of ether oxygens (including phenoxy) is 1. The second-order valence-electron chi connectivity index (χ2n) is 6.02. The molecule has 0 radical (unpaired) electrons. The van der Waals surface area contributed by atoms with Crippen LogP contribution in [0.25, 0.3) is 0 Å². The van der Waals surface area contributed by atoms with Gasteiger partial charge in [-0.25, -0.2) is 9.69 Å².